The number of esters is 1. The highest BCUT2D eigenvalue weighted by molar-refractivity contribution is 6.49. The molecule has 2 heterocycles. The zero-order chi connectivity index (χ0) is 27.4. The second kappa shape index (κ2) is 11.2. The third kappa shape index (κ3) is 5.83. The number of hydrogen-bond donors (Lipinski definition) is 1. The van der Waals surface area contributed by atoms with Crippen LogP contribution in [0, 0.1) is 0 Å². The maximum atomic E-state index is 12.6. The van der Waals surface area contributed by atoms with E-state index in [2.05, 4.69) is 5.32 Å². The molecule has 1 aliphatic heterocycles. The van der Waals surface area contributed by atoms with Crippen molar-refractivity contribution in [2.75, 3.05) is 13.2 Å². The van der Waals surface area contributed by atoms with E-state index in [1.807, 2.05) is 0 Å². The quantitative estimate of drug-likeness (QED) is 0.120. The summed E-state index contributed by atoms with van der Waals surface area (Å²) in [5.41, 5.74) is -0.240. The molecule has 1 fully saturated rings. The first-order valence-corrected chi connectivity index (χ1v) is 12.3. The number of benzene rings is 3. The molecule has 3 aromatic carbocycles. The van der Waals surface area contributed by atoms with E-state index in [0.29, 0.717) is 18.5 Å². The van der Waals surface area contributed by atoms with E-state index in [0.717, 1.165) is 12.8 Å². The molecule has 5 rings (SSSR count). The molecular weight excluding hydrogens is 502 g/mol. The van der Waals surface area contributed by atoms with Crippen LogP contribution in [-0.4, -0.2) is 42.7 Å². The smallest absolute Gasteiger partial charge is 0.349 e. The molecule has 1 aliphatic rings. The van der Waals surface area contributed by atoms with Gasteiger partial charge in [0, 0.05) is 35.7 Å². The number of fused-ring (bicyclic) bond motifs is 1. The molecule has 4 aromatic rings. The fourth-order valence-electron chi connectivity index (χ4n) is 4.20. The predicted octanol–water partition coefficient (Wildman–Crippen LogP) is 3.99. The molecular formula is C30H23NO8. The number of amides is 1. The van der Waals surface area contributed by atoms with Gasteiger partial charge >= 0.3 is 11.6 Å². The fraction of sp³-hybridized carbons (Fsp3) is 0.167. The van der Waals surface area contributed by atoms with Gasteiger partial charge in [-0.2, -0.15) is 0 Å². The molecule has 0 saturated carbocycles. The number of hydrogen-bond acceptors (Lipinski definition) is 8. The Morgan fingerprint density at radius 3 is 2.23 bits per heavy atom. The molecule has 1 amide bonds. The zero-order valence-corrected chi connectivity index (χ0v) is 20.7. The molecule has 9 nitrogen and oxygen atoms in total. The van der Waals surface area contributed by atoms with Crippen molar-refractivity contribution in [1.82, 2.24) is 5.32 Å². The Morgan fingerprint density at radius 1 is 0.846 bits per heavy atom. The minimum atomic E-state index is -0.818. The molecule has 0 aliphatic carbocycles. The number of ketones is 2. The normalized spacial score (nSPS) is 14.6. The topological polar surface area (TPSA) is 129 Å². The van der Waals surface area contributed by atoms with E-state index in [1.54, 1.807) is 36.4 Å². The summed E-state index contributed by atoms with van der Waals surface area (Å²) in [7, 11) is 0. The van der Waals surface area contributed by atoms with E-state index in [-0.39, 0.29) is 39.7 Å². The second-order valence-corrected chi connectivity index (χ2v) is 8.98. The number of rotatable bonds is 8. The van der Waals surface area contributed by atoms with Gasteiger partial charge in [0.25, 0.3) is 5.91 Å². The summed E-state index contributed by atoms with van der Waals surface area (Å²) in [6.45, 7) is 0.968. The third-order valence-electron chi connectivity index (χ3n) is 6.30. The molecule has 1 atom stereocenters. The van der Waals surface area contributed by atoms with Gasteiger partial charge in [-0.05, 0) is 43.2 Å². The number of nitrogens with one attached hydrogen (secondary N) is 1. The summed E-state index contributed by atoms with van der Waals surface area (Å²) < 4.78 is 16.2. The van der Waals surface area contributed by atoms with Gasteiger partial charge in [-0.3, -0.25) is 14.4 Å². The maximum Gasteiger partial charge on any atom is 0.349 e. The first kappa shape index (κ1) is 25.7. The van der Waals surface area contributed by atoms with Gasteiger partial charge in [0.2, 0.25) is 11.6 Å². The number of carbonyl (C=O) groups is 4. The molecule has 1 aromatic heterocycles. The van der Waals surface area contributed by atoms with Crippen molar-refractivity contribution in [2.24, 2.45) is 0 Å². The predicted molar refractivity (Wildman–Crippen MR) is 140 cm³/mol. The van der Waals surface area contributed by atoms with Gasteiger partial charge in [0.05, 0.1) is 11.7 Å². The summed E-state index contributed by atoms with van der Waals surface area (Å²) in [6.07, 6.45) is 1.73. The largest absolute Gasteiger partial charge is 0.423 e. The Bertz CT molecular complexity index is 1620. The van der Waals surface area contributed by atoms with Gasteiger partial charge < -0.3 is 19.2 Å². The Hall–Kier alpha value is -4.89. The van der Waals surface area contributed by atoms with Gasteiger partial charge in [0.1, 0.15) is 16.9 Å². The first-order chi connectivity index (χ1) is 18.9. The minimum absolute atomic E-state index is 0.0628. The molecule has 9 heteroatoms. The van der Waals surface area contributed by atoms with Crippen LogP contribution in [0.4, 0.5) is 0 Å². The summed E-state index contributed by atoms with van der Waals surface area (Å²) in [4.78, 5) is 62.4. The summed E-state index contributed by atoms with van der Waals surface area (Å²) in [6, 6.07) is 19.6. The van der Waals surface area contributed by atoms with Crippen LogP contribution in [0.2, 0.25) is 0 Å². The molecule has 0 radical (unpaired) electrons. The van der Waals surface area contributed by atoms with Gasteiger partial charge in [-0.25, -0.2) is 9.59 Å². The van der Waals surface area contributed by atoms with Crippen molar-refractivity contribution >= 4 is 34.4 Å². The van der Waals surface area contributed by atoms with Crippen LogP contribution >= 0.6 is 0 Å². The molecule has 0 spiro atoms. The van der Waals surface area contributed by atoms with Gasteiger partial charge in [-0.15, -0.1) is 0 Å². The van der Waals surface area contributed by atoms with Crippen molar-refractivity contribution in [3.05, 3.63) is 112 Å². The lowest BCUT2D eigenvalue weighted by Crippen LogP contribution is -2.34. The van der Waals surface area contributed by atoms with Crippen LogP contribution in [0.5, 0.6) is 5.75 Å². The van der Waals surface area contributed by atoms with Crippen LogP contribution in [-0.2, 0) is 4.74 Å². The average Bonchev–Trinajstić information content (AvgIpc) is 3.49. The lowest BCUT2D eigenvalue weighted by atomic mass is 10.0. The van der Waals surface area contributed by atoms with Crippen LogP contribution in [0.1, 0.15) is 54.3 Å². The zero-order valence-electron chi connectivity index (χ0n) is 20.7. The van der Waals surface area contributed by atoms with Crippen molar-refractivity contribution in [2.45, 2.75) is 18.9 Å². The van der Waals surface area contributed by atoms with Crippen LogP contribution < -0.4 is 15.7 Å². The Balaban J connectivity index is 1.25. The van der Waals surface area contributed by atoms with Crippen molar-refractivity contribution in [3.8, 4) is 5.75 Å². The van der Waals surface area contributed by atoms with E-state index in [9.17, 15) is 24.0 Å². The molecule has 1 unspecified atom stereocenters. The van der Waals surface area contributed by atoms with Crippen molar-refractivity contribution in [3.63, 3.8) is 0 Å². The van der Waals surface area contributed by atoms with Gasteiger partial charge in [-0.1, -0.05) is 42.5 Å². The Labute approximate surface area is 222 Å². The lowest BCUT2D eigenvalue weighted by molar-refractivity contribution is 0.0734. The van der Waals surface area contributed by atoms with E-state index in [1.165, 1.54) is 42.5 Å². The average molecular weight is 526 g/mol. The number of Topliss-reactive ketones (excluding diaryl/α,β-unsaturated/α-hetero) is 2. The highest BCUT2D eigenvalue weighted by Gasteiger charge is 2.21. The fourth-order valence-corrected chi connectivity index (χ4v) is 4.20. The van der Waals surface area contributed by atoms with E-state index >= 15 is 0 Å². The van der Waals surface area contributed by atoms with E-state index in [4.69, 9.17) is 13.9 Å². The summed E-state index contributed by atoms with van der Waals surface area (Å²) >= 11 is 0. The SMILES string of the molecule is O=C(Oc1ccc2cc(C(=O)NCC3CCCO3)c(=O)oc2c1)c1ccc(C(=O)C(=O)c2ccccc2)cc1. The Kier molecular flexibility index (Phi) is 7.42. The maximum absolute atomic E-state index is 12.6. The molecule has 196 valence electrons. The van der Waals surface area contributed by atoms with Gasteiger partial charge in [0.15, 0.2) is 0 Å². The van der Waals surface area contributed by atoms with Crippen molar-refractivity contribution in [1.29, 1.82) is 0 Å². The highest BCUT2D eigenvalue weighted by Crippen LogP contribution is 2.22. The lowest BCUT2D eigenvalue weighted by Gasteiger charge is -2.10. The standard InChI is InChI=1S/C30H23NO8/c32-26(18-5-2-1-3-6-18)27(33)19-8-10-20(11-9-19)29(35)38-22-13-12-21-15-24(30(36)39-25(21)16-22)28(34)31-17-23-7-4-14-37-23/h1-3,5-6,8-13,15-16,23H,4,7,14,17H2,(H,31,34). The summed E-state index contributed by atoms with van der Waals surface area (Å²) in [5, 5.41) is 3.17. The molecule has 0 bridgehead atoms. The summed E-state index contributed by atoms with van der Waals surface area (Å²) in [5.74, 6) is -2.48. The first-order valence-electron chi connectivity index (χ1n) is 12.3. The molecule has 39 heavy (non-hydrogen) atoms. The highest BCUT2D eigenvalue weighted by atomic mass is 16.5. The molecule has 1 saturated heterocycles. The van der Waals surface area contributed by atoms with E-state index < -0.39 is 29.1 Å². The number of ether oxygens (including phenoxy) is 2. The Morgan fingerprint density at radius 2 is 1.54 bits per heavy atom. The number of carbonyl (C=O) groups excluding carboxylic acids is 4. The second-order valence-electron chi connectivity index (χ2n) is 8.98. The minimum Gasteiger partial charge on any atom is -0.423 e. The third-order valence-corrected chi connectivity index (χ3v) is 6.30. The van der Waals surface area contributed by atoms with Crippen LogP contribution in [0.15, 0.2) is 88.1 Å². The van der Waals surface area contributed by atoms with Crippen LogP contribution in [0.3, 0.4) is 0 Å². The van der Waals surface area contributed by atoms with Crippen molar-refractivity contribution < 1.29 is 33.1 Å². The molecule has 1 N–H and O–H groups in total. The van der Waals surface area contributed by atoms with Crippen LogP contribution in [0.25, 0.3) is 11.0 Å². The monoisotopic (exact) mass is 525 g/mol.